The number of nitrogens with zero attached hydrogens (tertiary/aromatic N) is 3. The molecular formula is C19H29N5S. The molecule has 0 atom stereocenters. The van der Waals surface area contributed by atoms with Crippen molar-refractivity contribution in [1.29, 1.82) is 0 Å². The molecule has 2 aromatic rings. The van der Waals surface area contributed by atoms with Crippen molar-refractivity contribution in [2.45, 2.75) is 26.2 Å². The molecule has 0 aliphatic rings. The van der Waals surface area contributed by atoms with Crippen molar-refractivity contribution in [2.24, 2.45) is 4.99 Å². The predicted octanol–water partition coefficient (Wildman–Crippen LogP) is 2.94. The van der Waals surface area contributed by atoms with Crippen LogP contribution in [0.3, 0.4) is 0 Å². The van der Waals surface area contributed by atoms with Crippen LogP contribution in [0.25, 0.3) is 0 Å². The van der Waals surface area contributed by atoms with E-state index in [1.807, 2.05) is 19.3 Å². The maximum absolute atomic E-state index is 4.45. The number of aryl methyl sites for hydroxylation is 1. The Morgan fingerprint density at radius 3 is 2.64 bits per heavy atom. The molecule has 2 rings (SSSR count). The number of rotatable bonds is 9. The fraction of sp³-hybridized carbons (Fsp3) is 0.474. The Kier molecular flexibility index (Phi) is 8.25. The van der Waals surface area contributed by atoms with Crippen molar-refractivity contribution in [2.75, 3.05) is 38.6 Å². The van der Waals surface area contributed by atoms with Gasteiger partial charge in [-0.3, -0.25) is 4.99 Å². The summed E-state index contributed by atoms with van der Waals surface area (Å²) in [5.41, 5.74) is 1.25. The molecule has 1 heterocycles. The molecule has 0 bridgehead atoms. The number of aliphatic imine (C=N–C) groups is 1. The van der Waals surface area contributed by atoms with Gasteiger partial charge in [0.25, 0.3) is 0 Å². The summed E-state index contributed by atoms with van der Waals surface area (Å²) in [6, 6.07) is 10.5. The molecule has 0 radical (unpaired) electrons. The van der Waals surface area contributed by atoms with Gasteiger partial charge in [0, 0.05) is 56.9 Å². The van der Waals surface area contributed by atoms with Crippen molar-refractivity contribution in [3.63, 3.8) is 0 Å². The summed E-state index contributed by atoms with van der Waals surface area (Å²) in [6.07, 6.45) is 5.03. The monoisotopic (exact) mass is 359 g/mol. The molecule has 0 aliphatic heterocycles. The summed E-state index contributed by atoms with van der Waals surface area (Å²) in [6.45, 7) is 4.91. The van der Waals surface area contributed by atoms with Crippen LogP contribution in [0.15, 0.2) is 41.5 Å². The summed E-state index contributed by atoms with van der Waals surface area (Å²) in [5.74, 6) is 0.856. The van der Waals surface area contributed by atoms with Gasteiger partial charge in [-0.2, -0.15) is 0 Å². The first-order chi connectivity index (χ1) is 12.2. The maximum atomic E-state index is 4.45. The summed E-state index contributed by atoms with van der Waals surface area (Å²) >= 11 is 1.80. The highest BCUT2D eigenvalue weighted by Gasteiger charge is 2.03. The zero-order chi connectivity index (χ0) is 17.9. The van der Waals surface area contributed by atoms with E-state index in [2.05, 4.69) is 63.7 Å². The van der Waals surface area contributed by atoms with Gasteiger partial charge in [0.05, 0.1) is 5.01 Å². The van der Waals surface area contributed by atoms with Crippen LogP contribution in [0.4, 0.5) is 5.69 Å². The standard InChI is InChI=1S/C19H29N5S/c1-4-17-15-23-18(25-17)11-13-22-19(20-2)21-12-8-14-24(3)16-9-6-5-7-10-16/h5-7,9-10,15H,4,8,11-14H2,1-3H3,(H2,20,21,22). The first kappa shape index (κ1) is 19.2. The third kappa shape index (κ3) is 6.74. The second kappa shape index (κ2) is 10.7. The SMILES string of the molecule is CCc1cnc(CCNC(=NC)NCCCN(C)c2ccccc2)s1. The summed E-state index contributed by atoms with van der Waals surface area (Å²) < 4.78 is 0. The number of hydrogen-bond donors (Lipinski definition) is 2. The fourth-order valence-corrected chi connectivity index (χ4v) is 3.33. The van der Waals surface area contributed by atoms with Crippen LogP contribution in [-0.2, 0) is 12.8 Å². The van der Waals surface area contributed by atoms with Gasteiger partial charge < -0.3 is 15.5 Å². The van der Waals surface area contributed by atoms with Crippen LogP contribution in [0.1, 0.15) is 23.2 Å². The zero-order valence-electron chi connectivity index (χ0n) is 15.5. The number of anilines is 1. The van der Waals surface area contributed by atoms with E-state index in [1.165, 1.54) is 15.6 Å². The summed E-state index contributed by atoms with van der Waals surface area (Å²) in [7, 11) is 3.94. The molecule has 6 heteroatoms. The number of thiazole rings is 1. The van der Waals surface area contributed by atoms with Crippen molar-refractivity contribution < 1.29 is 0 Å². The molecule has 0 amide bonds. The molecule has 136 valence electrons. The van der Waals surface area contributed by atoms with Crippen molar-refractivity contribution in [3.05, 3.63) is 46.4 Å². The molecule has 1 aromatic carbocycles. The number of hydrogen-bond acceptors (Lipinski definition) is 4. The van der Waals surface area contributed by atoms with Gasteiger partial charge in [-0.25, -0.2) is 4.98 Å². The largest absolute Gasteiger partial charge is 0.375 e. The Balaban J connectivity index is 1.61. The lowest BCUT2D eigenvalue weighted by Crippen LogP contribution is -2.39. The third-order valence-corrected chi connectivity index (χ3v) is 5.17. The number of para-hydroxylation sites is 1. The maximum Gasteiger partial charge on any atom is 0.190 e. The zero-order valence-corrected chi connectivity index (χ0v) is 16.3. The van der Waals surface area contributed by atoms with Crippen molar-refractivity contribution >= 4 is 23.0 Å². The Hall–Kier alpha value is -2.08. The Labute approximate surface area is 155 Å². The van der Waals surface area contributed by atoms with Crippen LogP contribution in [-0.4, -0.2) is 44.7 Å². The quantitative estimate of drug-likeness (QED) is 0.411. The molecule has 0 unspecified atom stereocenters. The number of aromatic nitrogens is 1. The third-order valence-electron chi connectivity index (χ3n) is 3.96. The van der Waals surface area contributed by atoms with Crippen molar-refractivity contribution in [1.82, 2.24) is 15.6 Å². The molecule has 2 N–H and O–H groups in total. The Bertz CT molecular complexity index is 638. The fourth-order valence-electron chi connectivity index (χ4n) is 2.47. The van der Waals surface area contributed by atoms with E-state index in [0.717, 1.165) is 44.9 Å². The smallest absolute Gasteiger partial charge is 0.190 e. The molecule has 0 fully saturated rings. The van der Waals surface area contributed by atoms with Crippen LogP contribution < -0.4 is 15.5 Å². The number of guanidine groups is 1. The molecule has 0 spiro atoms. The van der Waals surface area contributed by atoms with E-state index in [4.69, 9.17) is 0 Å². The highest BCUT2D eigenvalue weighted by atomic mass is 32.1. The first-order valence-electron chi connectivity index (χ1n) is 8.87. The van der Waals surface area contributed by atoms with E-state index >= 15 is 0 Å². The van der Waals surface area contributed by atoms with E-state index in [0.29, 0.717) is 0 Å². The summed E-state index contributed by atoms with van der Waals surface area (Å²) in [4.78, 5) is 12.3. The molecule has 25 heavy (non-hydrogen) atoms. The van der Waals surface area contributed by atoms with E-state index in [9.17, 15) is 0 Å². The van der Waals surface area contributed by atoms with Gasteiger partial charge >= 0.3 is 0 Å². The first-order valence-corrected chi connectivity index (χ1v) is 9.69. The second-order valence-corrected chi connectivity index (χ2v) is 7.06. The predicted molar refractivity (Wildman–Crippen MR) is 109 cm³/mol. The van der Waals surface area contributed by atoms with Gasteiger partial charge in [0.1, 0.15) is 0 Å². The lowest BCUT2D eigenvalue weighted by Gasteiger charge is -2.19. The minimum atomic E-state index is 0.847. The van der Waals surface area contributed by atoms with Crippen LogP contribution >= 0.6 is 11.3 Å². The van der Waals surface area contributed by atoms with Gasteiger partial charge in [-0.15, -0.1) is 11.3 Å². The highest BCUT2D eigenvalue weighted by molar-refractivity contribution is 7.11. The van der Waals surface area contributed by atoms with E-state index in [1.54, 1.807) is 11.3 Å². The molecule has 0 saturated heterocycles. The second-order valence-electron chi connectivity index (χ2n) is 5.86. The van der Waals surface area contributed by atoms with Gasteiger partial charge in [-0.05, 0) is 25.0 Å². The van der Waals surface area contributed by atoms with Gasteiger partial charge in [-0.1, -0.05) is 25.1 Å². The van der Waals surface area contributed by atoms with Gasteiger partial charge in [0.15, 0.2) is 5.96 Å². The topological polar surface area (TPSA) is 52.6 Å². The minimum absolute atomic E-state index is 0.847. The normalized spacial score (nSPS) is 11.4. The lowest BCUT2D eigenvalue weighted by molar-refractivity contribution is 0.727. The molecule has 0 aliphatic carbocycles. The molecule has 1 aromatic heterocycles. The minimum Gasteiger partial charge on any atom is -0.375 e. The molecule has 0 saturated carbocycles. The van der Waals surface area contributed by atoms with Crippen molar-refractivity contribution in [3.8, 4) is 0 Å². The Morgan fingerprint density at radius 2 is 1.96 bits per heavy atom. The van der Waals surface area contributed by atoms with Crippen LogP contribution in [0, 0.1) is 0 Å². The number of benzene rings is 1. The summed E-state index contributed by atoms with van der Waals surface area (Å²) in [5, 5.41) is 7.92. The highest BCUT2D eigenvalue weighted by Crippen LogP contribution is 2.13. The lowest BCUT2D eigenvalue weighted by atomic mass is 10.3. The number of nitrogens with one attached hydrogen (secondary N) is 2. The van der Waals surface area contributed by atoms with Crippen LogP contribution in [0.5, 0.6) is 0 Å². The van der Waals surface area contributed by atoms with E-state index < -0.39 is 0 Å². The van der Waals surface area contributed by atoms with E-state index in [-0.39, 0.29) is 0 Å². The molecule has 5 nitrogen and oxygen atoms in total. The van der Waals surface area contributed by atoms with Gasteiger partial charge in [0.2, 0.25) is 0 Å². The average molecular weight is 360 g/mol. The molecular weight excluding hydrogens is 330 g/mol. The average Bonchev–Trinajstić information content (AvgIpc) is 3.12. The van der Waals surface area contributed by atoms with Crippen LogP contribution in [0.2, 0.25) is 0 Å². The Morgan fingerprint density at radius 1 is 1.20 bits per heavy atom.